The van der Waals surface area contributed by atoms with Crippen LogP contribution in [0.2, 0.25) is 0 Å². The van der Waals surface area contributed by atoms with Gasteiger partial charge in [-0.15, -0.1) is 0 Å². The van der Waals surface area contributed by atoms with E-state index in [2.05, 4.69) is 31.8 Å². The zero-order valence-corrected chi connectivity index (χ0v) is 17.7. The van der Waals surface area contributed by atoms with Crippen molar-refractivity contribution in [3.8, 4) is 22.6 Å². The first-order valence-electron chi connectivity index (χ1n) is 10.6. The fraction of sp³-hybridized carbons (Fsp3) is 0.542. The Kier molecular flexibility index (Phi) is 10.4. The van der Waals surface area contributed by atoms with Gasteiger partial charge in [0.1, 0.15) is 11.5 Å². The summed E-state index contributed by atoms with van der Waals surface area (Å²) < 4.78 is 17.6. The van der Waals surface area contributed by atoms with Gasteiger partial charge in [-0.2, -0.15) is 0 Å². The minimum atomic E-state index is 0.238. The normalized spacial score (nSPS) is 12.0. The zero-order chi connectivity index (χ0) is 20.0. The van der Waals surface area contributed by atoms with Crippen molar-refractivity contribution in [2.75, 3.05) is 20.0 Å². The topological polar surface area (TPSA) is 40.6 Å². The van der Waals surface area contributed by atoms with Crippen molar-refractivity contribution in [3.05, 3.63) is 42.7 Å². The van der Waals surface area contributed by atoms with Gasteiger partial charge in [0.05, 0.1) is 19.4 Å². The number of nitrogens with zero attached hydrogens (tertiary/aromatic N) is 1. The number of hydrogen-bond donors (Lipinski definition) is 0. The molecule has 0 aliphatic heterocycles. The highest BCUT2D eigenvalue weighted by atomic mass is 16.7. The summed E-state index contributed by atoms with van der Waals surface area (Å²) in [4.78, 5) is 4.22. The third kappa shape index (κ3) is 7.51. The smallest absolute Gasteiger partial charge is 0.189 e. The number of para-hydroxylation sites is 1. The molecule has 1 unspecified atom stereocenters. The summed E-state index contributed by atoms with van der Waals surface area (Å²) >= 11 is 0. The molecule has 4 heteroatoms. The highest BCUT2D eigenvalue weighted by Gasteiger charge is 2.12. The average Bonchev–Trinajstić information content (AvgIpc) is 2.74. The quantitative estimate of drug-likeness (QED) is 0.275. The monoisotopic (exact) mass is 385 g/mol. The second kappa shape index (κ2) is 13.2. The summed E-state index contributed by atoms with van der Waals surface area (Å²) in [5.41, 5.74) is 1.99. The van der Waals surface area contributed by atoms with E-state index in [1.165, 1.54) is 25.7 Å². The van der Waals surface area contributed by atoms with Gasteiger partial charge in [0.2, 0.25) is 0 Å². The van der Waals surface area contributed by atoms with Crippen LogP contribution < -0.4 is 9.47 Å². The van der Waals surface area contributed by atoms with Gasteiger partial charge in [-0.05, 0) is 24.5 Å². The Morgan fingerprint density at radius 2 is 1.68 bits per heavy atom. The molecule has 1 heterocycles. The van der Waals surface area contributed by atoms with E-state index in [-0.39, 0.29) is 6.79 Å². The Morgan fingerprint density at radius 3 is 2.50 bits per heavy atom. The number of pyridine rings is 1. The van der Waals surface area contributed by atoms with Crippen molar-refractivity contribution in [1.82, 2.24) is 4.98 Å². The van der Waals surface area contributed by atoms with Crippen molar-refractivity contribution in [2.24, 2.45) is 5.92 Å². The van der Waals surface area contributed by atoms with Crippen molar-refractivity contribution in [1.29, 1.82) is 0 Å². The summed E-state index contributed by atoms with van der Waals surface area (Å²) in [6, 6.07) is 10.0. The third-order valence-corrected chi connectivity index (χ3v) is 4.87. The maximum absolute atomic E-state index is 6.08. The molecule has 0 aliphatic carbocycles. The molecule has 0 saturated heterocycles. The molecule has 0 bridgehead atoms. The van der Waals surface area contributed by atoms with Gasteiger partial charge < -0.3 is 14.2 Å². The number of unbranched alkanes of at least 4 members (excludes halogenated alkanes) is 4. The van der Waals surface area contributed by atoms with Crippen LogP contribution in [0.25, 0.3) is 11.1 Å². The molecule has 0 N–H and O–H groups in total. The lowest BCUT2D eigenvalue weighted by Crippen LogP contribution is -2.08. The predicted molar refractivity (Wildman–Crippen MR) is 115 cm³/mol. The van der Waals surface area contributed by atoms with E-state index in [1.54, 1.807) is 12.4 Å². The van der Waals surface area contributed by atoms with Crippen LogP contribution in [0.3, 0.4) is 0 Å². The summed E-state index contributed by atoms with van der Waals surface area (Å²) in [5, 5.41) is 0. The highest BCUT2D eigenvalue weighted by Crippen LogP contribution is 2.36. The van der Waals surface area contributed by atoms with Crippen molar-refractivity contribution in [2.45, 2.75) is 59.3 Å². The summed E-state index contributed by atoms with van der Waals surface area (Å²) in [7, 11) is 0. The Balaban J connectivity index is 1.94. The van der Waals surface area contributed by atoms with Crippen molar-refractivity contribution in [3.63, 3.8) is 0 Å². The van der Waals surface area contributed by atoms with Gasteiger partial charge in [0, 0.05) is 17.3 Å². The summed E-state index contributed by atoms with van der Waals surface area (Å²) in [5.74, 6) is 2.11. The Morgan fingerprint density at radius 1 is 0.893 bits per heavy atom. The zero-order valence-electron chi connectivity index (χ0n) is 17.7. The molecule has 0 radical (unpaired) electrons. The molecule has 1 aromatic carbocycles. The molecule has 0 spiro atoms. The lowest BCUT2D eigenvalue weighted by Gasteiger charge is -2.16. The van der Waals surface area contributed by atoms with Crippen LogP contribution in [0.4, 0.5) is 0 Å². The predicted octanol–water partition coefficient (Wildman–Crippen LogP) is 6.50. The first kappa shape index (κ1) is 22.2. The van der Waals surface area contributed by atoms with E-state index in [1.807, 2.05) is 24.3 Å². The Labute approximate surface area is 170 Å². The molecule has 1 atom stereocenters. The lowest BCUT2D eigenvalue weighted by atomic mass is 10.0. The SMILES string of the molecule is CCCCCCCOCOc1cnccc1-c1ccccc1OCC(C)CC. The van der Waals surface area contributed by atoms with Crippen LogP contribution in [0, 0.1) is 5.92 Å². The summed E-state index contributed by atoms with van der Waals surface area (Å²) in [6.45, 7) is 8.28. The van der Waals surface area contributed by atoms with Gasteiger partial charge >= 0.3 is 0 Å². The molecule has 28 heavy (non-hydrogen) atoms. The van der Waals surface area contributed by atoms with E-state index in [0.29, 0.717) is 18.3 Å². The highest BCUT2D eigenvalue weighted by molar-refractivity contribution is 5.75. The second-order valence-corrected chi connectivity index (χ2v) is 7.28. The molecular weight excluding hydrogens is 350 g/mol. The van der Waals surface area contributed by atoms with Crippen LogP contribution in [-0.2, 0) is 4.74 Å². The molecule has 0 aliphatic rings. The summed E-state index contributed by atoms with van der Waals surface area (Å²) in [6.07, 6.45) is 10.8. The van der Waals surface area contributed by atoms with E-state index in [0.717, 1.165) is 36.3 Å². The van der Waals surface area contributed by atoms with Crippen LogP contribution in [-0.4, -0.2) is 25.0 Å². The van der Waals surface area contributed by atoms with Crippen molar-refractivity contribution >= 4 is 0 Å². The molecule has 1 aromatic heterocycles. The van der Waals surface area contributed by atoms with E-state index in [9.17, 15) is 0 Å². The number of hydrogen-bond acceptors (Lipinski definition) is 4. The first-order valence-corrected chi connectivity index (χ1v) is 10.6. The number of benzene rings is 1. The molecule has 0 fully saturated rings. The molecule has 2 aromatic rings. The molecule has 4 nitrogen and oxygen atoms in total. The fourth-order valence-corrected chi connectivity index (χ4v) is 2.85. The van der Waals surface area contributed by atoms with Gasteiger partial charge in [-0.1, -0.05) is 71.1 Å². The van der Waals surface area contributed by atoms with Crippen LogP contribution in [0.5, 0.6) is 11.5 Å². The number of rotatable bonds is 14. The number of ether oxygens (including phenoxy) is 3. The maximum Gasteiger partial charge on any atom is 0.189 e. The largest absolute Gasteiger partial charge is 0.493 e. The molecule has 154 valence electrons. The van der Waals surface area contributed by atoms with E-state index in [4.69, 9.17) is 14.2 Å². The average molecular weight is 386 g/mol. The second-order valence-electron chi connectivity index (χ2n) is 7.28. The van der Waals surface area contributed by atoms with Gasteiger partial charge in [0.15, 0.2) is 6.79 Å². The van der Waals surface area contributed by atoms with E-state index >= 15 is 0 Å². The van der Waals surface area contributed by atoms with E-state index < -0.39 is 0 Å². The van der Waals surface area contributed by atoms with Crippen LogP contribution >= 0.6 is 0 Å². The molecule has 2 rings (SSSR count). The Hall–Kier alpha value is -2.07. The molecular formula is C24H35NO3. The minimum Gasteiger partial charge on any atom is -0.493 e. The first-order chi connectivity index (χ1) is 13.8. The van der Waals surface area contributed by atoms with Crippen molar-refractivity contribution < 1.29 is 14.2 Å². The van der Waals surface area contributed by atoms with Gasteiger partial charge in [-0.25, -0.2) is 0 Å². The lowest BCUT2D eigenvalue weighted by molar-refractivity contribution is 0.0136. The van der Waals surface area contributed by atoms with Crippen LogP contribution in [0.1, 0.15) is 59.3 Å². The van der Waals surface area contributed by atoms with Gasteiger partial charge in [0.25, 0.3) is 0 Å². The minimum absolute atomic E-state index is 0.238. The fourth-order valence-electron chi connectivity index (χ4n) is 2.85. The third-order valence-electron chi connectivity index (χ3n) is 4.87. The Bertz CT molecular complexity index is 674. The number of aromatic nitrogens is 1. The standard InChI is InChI=1S/C24H35NO3/c1-4-6-7-8-11-16-26-19-28-24-17-25-15-14-22(24)21-12-9-10-13-23(21)27-18-20(3)5-2/h9-10,12-15,17,20H,4-8,11,16,18-19H2,1-3H3. The van der Waals surface area contributed by atoms with Crippen LogP contribution in [0.15, 0.2) is 42.7 Å². The molecule has 0 amide bonds. The van der Waals surface area contributed by atoms with Gasteiger partial charge in [-0.3, -0.25) is 4.98 Å². The molecule has 0 saturated carbocycles. The maximum atomic E-state index is 6.08.